The molecule has 10 heteroatoms. The number of carbonyl (C=O) groups excluding carboxylic acids is 2. The van der Waals surface area contributed by atoms with Crippen LogP contribution in [0, 0.1) is 19.7 Å². The number of sulfonamides is 1. The molecule has 0 bridgehead atoms. The van der Waals surface area contributed by atoms with E-state index in [1.807, 2.05) is 6.92 Å². The van der Waals surface area contributed by atoms with E-state index in [9.17, 15) is 22.4 Å². The average Bonchev–Trinajstić information content (AvgIpc) is 2.98. The molecule has 0 aliphatic heterocycles. The first-order chi connectivity index (χ1) is 15.1. The zero-order chi connectivity index (χ0) is 24.1. The molecule has 0 aliphatic rings. The van der Waals surface area contributed by atoms with E-state index in [2.05, 4.69) is 0 Å². The minimum Gasteiger partial charge on any atom is -0.464 e. The zero-order valence-corrected chi connectivity index (χ0v) is 19.8. The van der Waals surface area contributed by atoms with Crippen LogP contribution in [0.2, 0.25) is 0 Å². The van der Waals surface area contributed by atoms with Crippen molar-refractivity contribution in [3.63, 3.8) is 0 Å². The predicted molar refractivity (Wildman–Crippen MR) is 117 cm³/mol. The van der Waals surface area contributed by atoms with Gasteiger partial charge in [0.15, 0.2) is 5.78 Å². The normalized spacial score (nSPS) is 11.7. The van der Waals surface area contributed by atoms with Gasteiger partial charge in [-0.05, 0) is 57.0 Å². The van der Waals surface area contributed by atoms with Crippen LogP contribution in [-0.2, 0) is 26.5 Å². The van der Waals surface area contributed by atoms with Crippen molar-refractivity contribution < 1.29 is 31.9 Å². The van der Waals surface area contributed by atoms with Crippen molar-refractivity contribution in [2.24, 2.45) is 7.05 Å². The van der Waals surface area contributed by atoms with Gasteiger partial charge in [0.25, 0.3) is 0 Å². The van der Waals surface area contributed by atoms with Crippen molar-refractivity contribution in [3.05, 3.63) is 52.6 Å². The Bertz CT molecular complexity index is 1080. The fourth-order valence-electron chi connectivity index (χ4n) is 3.54. The quantitative estimate of drug-likeness (QED) is 0.286. The summed E-state index contributed by atoms with van der Waals surface area (Å²) in [7, 11) is -1.18. The molecule has 0 fully saturated rings. The molecule has 0 atom stereocenters. The number of aromatic nitrogens is 1. The molecule has 1 heterocycles. The van der Waals surface area contributed by atoms with Gasteiger partial charge in [0, 0.05) is 38.1 Å². The summed E-state index contributed by atoms with van der Waals surface area (Å²) in [6.45, 7) is 5.56. The molecule has 1 aromatic heterocycles. The fraction of sp³-hybridized carbons (Fsp3) is 0.455. The van der Waals surface area contributed by atoms with E-state index < -0.39 is 34.1 Å². The second-order valence-electron chi connectivity index (χ2n) is 7.25. The molecule has 2 aromatic rings. The number of methoxy groups -OCH3 is 1. The maximum atomic E-state index is 13.3. The maximum Gasteiger partial charge on any atom is 0.354 e. The Morgan fingerprint density at radius 1 is 1.16 bits per heavy atom. The monoisotopic (exact) mass is 468 g/mol. The van der Waals surface area contributed by atoms with E-state index in [4.69, 9.17) is 9.47 Å². The lowest BCUT2D eigenvalue weighted by atomic mass is 10.1. The largest absolute Gasteiger partial charge is 0.464 e. The van der Waals surface area contributed by atoms with Crippen molar-refractivity contribution in [2.45, 2.75) is 32.1 Å². The van der Waals surface area contributed by atoms with Gasteiger partial charge in [0.2, 0.25) is 10.0 Å². The summed E-state index contributed by atoms with van der Waals surface area (Å²) in [6.07, 6.45) is 0.377. The van der Waals surface area contributed by atoms with Gasteiger partial charge in [-0.2, -0.15) is 4.31 Å². The molecule has 0 amide bonds. The van der Waals surface area contributed by atoms with E-state index in [1.54, 1.807) is 25.5 Å². The van der Waals surface area contributed by atoms with Gasteiger partial charge >= 0.3 is 5.97 Å². The Kier molecular flexibility index (Phi) is 8.71. The fourth-order valence-corrected chi connectivity index (χ4v) is 4.98. The van der Waals surface area contributed by atoms with Crippen molar-refractivity contribution in [1.29, 1.82) is 0 Å². The standard InChI is InChI=1S/C22H29FN2O6S/c1-6-31-13-7-12-25(32(28,29)18-10-8-17(23)9-11-18)14-19(26)20-15(2)21(22(27)30-5)24(4)16(20)3/h8-11H,6-7,12-14H2,1-5H3. The van der Waals surface area contributed by atoms with E-state index in [-0.39, 0.29) is 22.7 Å². The summed E-state index contributed by atoms with van der Waals surface area (Å²) in [4.78, 5) is 25.3. The molecule has 0 N–H and O–H groups in total. The molecular formula is C22H29FN2O6S. The van der Waals surface area contributed by atoms with Crippen LogP contribution in [0.25, 0.3) is 0 Å². The van der Waals surface area contributed by atoms with Crippen LogP contribution >= 0.6 is 0 Å². The SMILES string of the molecule is CCOCCCN(CC(=O)c1c(C)c(C(=O)OC)n(C)c1C)S(=O)(=O)c1ccc(F)cc1. The van der Waals surface area contributed by atoms with Crippen molar-refractivity contribution in [2.75, 3.05) is 33.4 Å². The van der Waals surface area contributed by atoms with Gasteiger partial charge in [-0.3, -0.25) is 4.79 Å². The summed E-state index contributed by atoms with van der Waals surface area (Å²) in [5, 5.41) is 0. The number of carbonyl (C=O) groups is 2. The van der Waals surface area contributed by atoms with Crippen LogP contribution in [0.3, 0.4) is 0 Å². The highest BCUT2D eigenvalue weighted by atomic mass is 32.2. The average molecular weight is 469 g/mol. The van der Waals surface area contributed by atoms with Gasteiger partial charge in [0.1, 0.15) is 11.5 Å². The Morgan fingerprint density at radius 3 is 2.34 bits per heavy atom. The topological polar surface area (TPSA) is 94.9 Å². The smallest absolute Gasteiger partial charge is 0.354 e. The number of ketones is 1. The molecule has 0 radical (unpaired) electrons. The van der Waals surface area contributed by atoms with E-state index >= 15 is 0 Å². The Labute approximate surface area is 188 Å². The molecule has 8 nitrogen and oxygen atoms in total. The zero-order valence-electron chi connectivity index (χ0n) is 19.0. The first-order valence-corrected chi connectivity index (χ1v) is 11.6. The van der Waals surface area contributed by atoms with E-state index in [0.717, 1.165) is 16.4 Å². The molecule has 176 valence electrons. The number of Topliss-reactive ketones (excluding diaryl/α,β-unsaturated/α-hetero) is 1. The number of esters is 1. The molecule has 0 saturated heterocycles. The summed E-state index contributed by atoms with van der Waals surface area (Å²) < 4.78 is 52.4. The van der Waals surface area contributed by atoms with Crippen LogP contribution in [0.5, 0.6) is 0 Å². The minimum absolute atomic E-state index is 0.0419. The minimum atomic E-state index is -4.07. The maximum absolute atomic E-state index is 13.3. The highest BCUT2D eigenvalue weighted by Crippen LogP contribution is 2.24. The third kappa shape index (κ3) is 5.43. The summed E-state index contributed by atoms with van der Waals surface area (Å²) in [6, 6.07) is 4.44. The number of benzene rings is 1. The number of hydrogen-bond acceptors (Lipinski definition) is 6. The highest BCUT2D eigenvalue weighted by Gasteiger charge is 2.30. The first kappa shape index (κ1) is 25.7. The van der Waals surface area contributed by atoms with Gasteiger partial charge < -0.3 is 14.0 Å². The van der Waals surface area contributed by atoms with Crippen molar-refractivity contribution in [1.82, 2.24) is 8.87 Å². The Balaban J connectivity index is 2.40. The van der Waals surface area contributed by atoms with Gasteiger partial charge in [-0.1, -0.05) is 0 Å². The molecule has 32 heavy (non-hydrogen) atoms. The third-order valence-corrected chi connectivity index (χ3v) is 7.12. The van der Waals surface area contributed by atoms with Crippen LogP contribution < -0.4 is 0 Å². The van der Waals surface area contributed by atoms with Crippen molar-refractivity contribution in [3.8, 4) is 0 Å². The molecule has 2 rings (SSSR count). The van der Waals surface area contributed by atoms with Crippen LogP contribution in [0.4, 0.5) is 4.39 Å². The van der Waals surface area contributed by atoms with Gasteiger partial charge in [0.05, 0.1) is 18.6 Å². The lowest BCUT2D eigenvalue weighted by Gasteiger charge is -2.22. The molecular weight excluding hydrogens is 439 g/mol. The number of halogens is 1. The number of rotatable bonds is 11. The number of hydrogen-bond donors (Lipinski definition) is 0. The molecule has 1 aromatic carbocycles. The second-order valence-corrected chi connectivity index (χ2v) is 9.19. The second kappa shape index (κ2) is 10.8. The lowest BCUT2D eigenvalue weighted by molar-refractivity contribution is 0.0588. The van der Waals surface area contributed by atoms with Crippen LogP contribution in [0.15, 0.2) is 29.2 Å². The highest BCUT2D eigenvalue weighted by molar-refractivity contribution is 7.89. The third-order valence-electron chi connectivity index (χ3n) is 5.26. The predicted octanol–water partition coefficient (Wildman–Crippen LogP) is 2.87. The van der Waals surface area contributed by atoms with Gasteiger partial charge in [-0.15, -0.1) is 0 Å². The summed E-state index contributed by atoms with van der Waals surface area (Å²) >= 11 is 0. The summed E-state index contributed by atoms with van der Waals surface area (Å²) in [5.74, 6) is -1.60. The molecule has 0 unspecified atom stereocenters. The van der Waals surface area contributed by atoms with Crippen molar-refractivity contribution >= 4 is 21.8 Å². The van der Waals surface area contributed by atoms with E-state index in [1.165, 1.54) is 19.2 Å². The lowest BCUT2D eigenvalue weighted by Crippen LogP contribution is -2.37. The van der Waals surface area contributed by atoms with E-state index in [0.29, 0.717) is 30.9 Å². The first-order valence-electron chi connectivity index (χ1n) is 10.2. The molecule has 0 aliphatic carbocycles. The molecule has 0 saturated carbocycles. The van der Waals surface area contributed by atoms with Crippen LogP contribution in [-0.4, -0.2) is 62.5 Å². The number of nitrogens with zero attached hydrogens (tertiary/aromatic N) is 2. The van der Waals surface area contributed by atoms with Gasteiger partial charge in [-0.25, -0.2) is 17.6 Å². The van der Waals surface area contributed by atoms with Crippen LogP contribution in [0.1, 0.15) is 45.4 Å². The Hall–Kier alpha value is -2.56. The Morgan fingerprint density at radius 2 is 1.78 bits per heavy atom. The number of ether oxygens (including phenoxy) is 2. The summed E-state index contributed by atoms with van der Waals surface area (Å²) in [5.41, 5.74) is 1.46. The molecule has 0 spiro atoms.